The Morgan fingerprint density at radius 3 is 2.11 bits per heavy atom. The normalized spacial score (nSPS) is 23.4. The number of nitrogens with zero attached hydrogens (tertiary/aromatic N) is 5. The van der Waals surface area contributed by atoms with Crippen molar-refractivity contribution in [3.63, 3.8) is 0 Å². The van der Waals surface area contributed by atoms with Gasteiger partial charge in [0, 0.05) is 56.1 Å². The van der Waals surface area contributed by atoms with Gasteiger partial charge in [-0.25, -0.2) is 18.7 Å². The van der Waals surface area contributed by atoms with Gasteiger partial charge < -0.3 is 10.1 Å². The molecule has 9 nitrogen and oxygen atoms in total. The predicted octanol–water partition coefficient (Wildman–Crippen LogP) is 6.19. The average molecular weight is 693 g/mol. The van der Waals surface area contributed by atoms with Crippen LogP contribution >= 0.6 is 10.2 Å². The quantitative estimate of drug-likeness (QED) is 0.260. The standard InChI is InChI=1S/C26H26F10N6O3S/c1-45-19-10-21(41(13-19)14-37)22(43)42(18-2-4-20(5-3-18)46(32,33,34,35)36)25(26(29,30)31,16-11-38-15-39-12-16)23(44)40-17-6-8-24(27,28)9-7-17/h2-5,11-12,15,17,19,21H,6-10,13H2,1H3,(H,40,44)/t19-,21-,25?/m1/s1. The second-order valence-corrected chi connectivity index (χ2v) is 13.3. The third-order valence-corrected chi connectivity index (χ3v) is 9.04. The lowest BCUT2D eigenvalue weighted by Gasteiger charge is -2.45. The number of rotatable bonds is 8. The lowest BCUT2D eigenvalue weighted by atomic mass is 9.84. The number of anilines is 1. The molecule has 0 radical (unpaired) electrons. The smallest absolute Gasteiger partial charge is 0.379 e. The summed E-state index contributed by atoms with van der Waals surface area (Å²) < 4.78 is 147. The van der Waals surface area contributed by atoms with E-state index in [4.69, 9.17) is 4.74 Å². The highest BCUT2D eigenvalue weighted by Crippen LogP contribution is 3.02. The maximum atomic E-state index is 15.7. The van der Waals surface area contributed by atoms with Gasteiger partial charge in [-0.1, -0.05) is 19.4 Å². The number of amides is 2. The number of aromatic nitrogens is 2. The first-order valence-corrected chi connectivity index (χ1v) is 15.4. The fraction of sp³-hybridized carbons (Fsp3) is 0.500. The highest BCUT2D eigenvalue weighted by molar-refractivity contribution is 8.45. The fourth-order valence-electron chi connectivity index (χ4n) is 5.54. The van der Waals surface area contributed by atoms with E-state index in [9.17, 15) is 43.1 Å². The minimum atomic E-state index is -10.4. The number of halogens is 10. The summed E-state index contributed by atoms with van der Waals surface area (Å²) >= 11 is 0. The van der Waals surface area contributed by atoms with Crippen molar-refractivity contribution in [1.29, 1.82) is 5.26 Å². The Hall–Kier alpha value is -3.86. The minimum Gasteiger partial charge on any atom is -0.379 e. The Morgan fingerprint density at radius 2 is 1.63 bits per heavy atom. The van der Waals surface area contributed by atoms with Crippen LogP contribution in [-0.2, 0) is 19.9 Å². The van der Waals surface area contributed by atoms with E-state index in [-0.39, 0.29) is 35.7 Å². The average Bonchev–Trinajstić information content (AvgIpc) is 3.39. The van der Waals surface area contributed by atoms with Gasteiger partial charge in [0.15, 0.2) is 6.19 Å². The highest BCUT2D eigenvalue weighted by atomic mass is 32.5. The van der Waals surface area contributed by atoms with Crippen molar-refractivity contribution in [3.05, 3.63) is 48.5 Å². The number of hydrogen-bond donors (Lipinski definition) is 1. The zero-order valence-corrected chi connectivity index (χ0v) is 24.5. The summed E-state index contributed by atoms with van der Waals surface area (Å²) in [5.74, 6) is -6.81. The van der Waals surface area contributed by atoms with Crippen LogP contribution in [0.4, 0.5) is 47.1 Å². The monoisotopic (exact) mass is 692 g/mol. The Bertz CT molecular complexity index is 1500. The number of nitrogens with one attached hydrogen (secondary N) is 1. The SMILES string of the molecule is CO[C@@H]1C[C@H](C(=O)N(c2ccc(S(F)(F)(F)(F)F)cc2)C(C(=O)NC2CCC(F)(F)CC2)(c2cncnc2)C(F)(F)F)N(C#N)C1. The third kappa shape index (κ3) is 6.79. The zero-order valence-electron chi connectivity index (χ0n) is 23.7. The van der Waals surface area contributed by atoms with E-state index >= 15 is 13.2 Å². The number of hydrogen-bond acceptors (Lipinski definition) is 7. The number of likely N-dealkylation sites (tertiary alicyclic amines) is 1. The Morgan fingerprint density at radius 1 is 1.07 bits per heavy atom. The second-order valence-electron chi connectivity index (χ2n) is 10.9. The summed E-state index contributed by atoms with van der Waals surface area (Å²) in [6, 6.07) is -3.21. The molecule has 0 spiro atoms. The highest BCUT2D eigenvalue weighted by Gasteiger charge is 2.69. The van der Waals surface area contributed by atoms with Gasteiger partial charge in [-0.3, -0.25) is 19.4 Å². The lowest BCUT2D eigenvalue weighted by Crippen LogP contribution is -2.69. The van der Waals surface area contributed by atoms with E-state index in [1.165, 1.54) is 7.11 Å². The fourth-order valence-corrected chi connectivity index (χ4v) is 6.19. The summed E-state index contributed by atoms with van der Waals surface area (Å²) in [5, 5.41) is 11.7. The molecule has 2 fully saturated rings. The number of carbonyl (C=O) groups excluding carboxylic acids is 2. The molecule has 2 heterocycles. The van der Waals surface area contributed by atoms with Crippen LogP contribution in [-0.4, -0.2) is 70.6 Å². The molecule has 1 aromatic heterocycles. The second kappa shape index (κ2) is 11.1. The molecule has 4 rings (SSSR count). The number of ether oxygens (including phenoxy) is 1. The van der Waals surface area contributed by atoms with E-state index < -0.39 is 106 Å². The molecule has 254 valence electrons. The maximum absolute atomic E-state index is 15.7. The van der Waals surface area contributed by atoms with Crippen LogP contribution in [0.5, 0.6) is 0 Å². The van der Waals surface area contributed by atoms with Gasteiger partial charge in [-0.2, -0.15) is 18.4 Å². The maximum Gasteiger partial charge on any atom is 0.425 e. The van der Waals surface area contributed by atoms with E-state index in [0.29, 0.717) is 12.4 Å². The summed E-state index contributed by atoms with van der Waals surface area (Å²) in [5.41, 5.74) is -6.44. The van der Waals surface area contributed by atoms with Crippen LogP contribution < -0.4 is 10.2 Å². The number of nitriles is 1. The first-order valence-electron chi connectivity index (χ1n) is 13.4. The van der Waals surface area contributed by atoms with Crippen LogP contribution in [0.25, 0.3) is 0 Å². The number of methoxy groups -OCH3 is 1. The van der Waals surface area contributed by atoms with Gasteiger partial charge in [-0.15, -0.1) is 0 Å². The third-order valence-electron chi connectivity index (χ3n) is 7.88. The van der Waals surface area contributed by atoms with Gasteiger partial charge >= 0.3 is 16.4 Å². The molecule has 1 aromatic carbocycles. The van der Waals surface area contributed by atoms with Crippen LogP contribution in [0.15, 0.2) is 47.9 Å². The van der Waals surface area contributed by atoms with Gasteiger partial charge in [0.1, 0.15) is 17.3 Å². The van der Waals surface area contributed by atoms with Crippen molar-refractivity contribution in [3.8, 4) is 6.19 Å². The molecule has 2 aliphatic rings. The predicted molar refractivity (Wildman–Crippen MR) is 142 cm³/mol. The Kier molecular flexibility index (Phi) is 8.48. The van der Waals surface area contributed by atoms with Crippen molar-refractivity contribution < 1.29 is 55.7 Å². The van der Waals surface area contributed by atoms with Gasteiger partial charge in [0.05, 0.1) is 12.6 Å². The lowest BCUT2D eigenvalue weighted by molar-refractivity contribution is -0.198. The molecule has 1 saturated carbocycles. The molecule has 46 heavy (non-hydrogen) atoms. The molecule has 1 aliphatic heterocycles. The summed E-state index contributed by atoms with van der Waals surface area (Å²) in [6.45, 7) is -0.295. The van der Waals surface area contributed by atoms with Crippen molar-refractivity contribution in [2.75, 3.05) is 18.6 Å². The Labute approximate surface area is 255 Å². The van der Waals surface area contributed by atoms with E-state index in [1.54, 1.807) is 6.19 Å². The molecular formula is C26H26F10N6O3S. The summed E-state index contributed by atoms with van der Waals surface area (Å²) in [4.78, 5) is 33.3. The van der Waals surface area contributed by atoms with Gasteiger partial charge in [0.25, 0.3) is 17.4 Å². The van der Waals surface area contributed by atoms with Crippen molar-refractivity contribution in [2.24, 2.45) is 0 Å². The number of alkyl halides is 5. The summed E-state index contributed by atoms with van der Waals surface area (Å²) in [7, 11) is -9.18. The molecule has 1 unspecified atom stereocenters. The molecule has 2 amide bonds. The minimum absolute atomic E-state index is 0.156. The van der Waals surface area contributed by atoms with Crippen LogP contribution in [0.3, 0.4) is 0 Å². The van der Waals surface area contributed by atoms with Crippen molar-refractivity contribution in [2.45, 2.75) is 72.8 Å². The number of benzene rings is 1. The molecule has 1 aliphatic carbocycles. The molecule has 1 saturated heterocycles. The molecule has 1 N–H and O–H groups in total. The van der Waals surface area contributed by atoms with Crippen molar-refractivity contribution >= 4 is 27.7 Å². The van der Waals surface area contributed by atoms with E-state index in [0.717, 1.165) is 11.2 Å². The topological polar surface area (TPSA) is 111 Å². The van der Waals surface area contributed by atoms with E-state index in [2.05, 4.69) is 15.3 Å². The molecular weight excluding hydrogens is 666 g/mol. The molecule has 0 bridgehead atoms. The molecule has 20 heteroatoms. The van der Waals surface area contributed by atoms with Crippen molar-refractivity contribution in [1.82, 2.24) is 20.2 Å². The Balaban J connectivity index is 1.98. The molecule has 3 atom stereocenters. The molecule has 2 aromatic rings. The summed E-state index contributed by atoms with van der Waals surface area (Å²) in [6.07, 6.45) is -6.26. The van der Waals surface area contributed by atoms with Gasteiger partial charge in [0.2, 0.25) is 5.92 Å². The van der Waals surface area contributed by atoms with Crippen LogP contribution in [0.1, 0.15) is 37.7 Å². The van der Waals surface area contributed by atoms with Gasteiger partial charge in [-0.05, 0) is 37.1 Å². The zero-order chi connectivity index (χ0) is 34.4. The first-order chi connectivity index (χ1) is 21.0. The van der Waals surface area contributed by atoms with Crippen LogP contribution in [0, 0.1) is 11.5 Å². The largest absolute Gasteiger partial charge is 0.425 e. The van der Waals surface area contributed by atoms with Crippen LogP contribution in [0.2, 0.25) is 0 Å². The van der Waals surface area contributed by atoms with E-state index in [1.807, 2.05) is 0 Å². The number of carbonyl (C=O) groups is 2. The first kappa shape index (κ1) is 35.0.